The normalized spacial score (nSPS) is 10.3. The lowest BCUT2D eigenvalue weighted by Crippen LogP contribution is -2.12. The van der Waals surface area contributed by atoms with Crippen molar-refractivity contribution in [3.05, 3.63) is 76.3 Å². The van der Waals surface area contributed by atoms with Gasteiger partial charge in [-0.2, -0.15) is 0 Å². The molecule has 2 aromatic carbocycles. The molecule has 1 amide bonds. The summed E-state index contributed by atoms with van der Waals surface area (Å²) >= 11 is 0. The molecular formula is C19H16N4O4. The van der Waals surface area contributed by atoms with E-state index in [1.807, 2.05) is 6.92 Å². The molecule has 0 unspecified atom stereocenters. The van der Waals surface area contributed by atoms with Gasteiger partial charge in [0.2, 0.25) is 5.88 Å². The molecule has 27 heavy (non-hydrogen) atoms. The number of carbonyl (C=O) groups is 1. The summed E-state index contributed by atoms with van der Waals surface area (Å²) in [7, 11) is 0. The number of amides is 1. The van der Waals surface area contributed by atoms with E-state index in [-0.39, 0.29) is 11.3 Å². The third kappa shape index (κ3) is 4.43. The zero-order valence-electron chi connectivity index (χ0n) is 14.5. The summed E-state index contributed by atoms with van der Waals surface area (Å²) in [6, 6.07) is 16.2. The Kier molecular flexibility index (Phi) is 5.36. The maximum atomic E-state index is 12.3. The van der Waals surface area contributed by atoms with Gasteiger partial charge >= 0.3 is 0 Å². The minimum absolute atomic E-state index is 0.132. The molecule has 0 bridgehead atoms. The van der Waals surface area contributed by atoms with Gasteiger partial charge in [0.25, 0.3) is 11.6 Å². The van der Waals surface area contributed by atoms with Crippen molar-refractivity contribution >= 4 is 17.3 Å². The number of nitro benzene ring substituents is 1. The van der Waals surface area contributed by atoms with Gasteiger partial charge in [0.05, 0.1) is 17.2 Å². The van der Waals surface area contributed by atoms with Crippen molar-refractivity contribution in [3.63, 3.8) is 0 Å². The van der Waals surface area contributed by atoms with Crippen LogP contribution in [-0.2, 0) is 0 Å². The number of anilines is 1. The Balaban J connectivity index is 1.71. The van der Waals surface area contributed by atoms with E-state index in [1.165, 1.54) is 24.3 Å². The van der Waals surface area contributed by atoms with Gasteiger partial charge in [-0.05, 0) is 31.2 Å². The van der Waals surface area contributed by atoms with Gasteiger partial charge in [0.15, 0.2) is 0 Å². The maximum Gasteiger partial charge on any atom is 0.270 e. The summed E-state index contributed by atoms with van der Waals surface area (Å²) in [6.07, 6.45) is 0. The number of aromatic nitrogens is 2. The molecule has 1 N–H and O–H groups in total. The van der Waals surface area contributed by atoms with E-state index in [2.05, 4.69) is 15.5 Å². The molecule has 0 aliphatic heterocycles. The SMILES string of the molecule is CCOc1ccc(-c2ccc(NC(=O)c3cccc([N+](=O)[O-])c3)cc2)nn1. The largest absolute Gasteiger partial charge is 0.477 e. The fourth-order valence-electron chi connectivity index (χ4n) is 2.39. The lowest BCUT2D eigenvalue weighted by Gasteiger charge is -2.07. The minimum atomic E-state index is -0.538. The van der Waals surface area contributed by atoms with Crippen LogP contribution in [0.4, 0.5) is 11.4 Å². The summed E-state index contributed by atoms with van der Waals surface area (Å²) in [4.78, 5) is 22.6. The van der Waals surface area contributed by atoms with Crippen LogP contribution in [0.2, 0.25) is 0 Å². The zero-order chi connectivity index (χ0) is 19.2. The number of hydrogen-bond donors (Lipinski definition) is 1. The Bertz CT molecular complexity index is 956. The molecule has 1 heterocycles. The van der Waals surface area contributed by atoms with Gasteiger partial charge in [-0.1, -0.05) is 18.2 Å². The molecule has 0 fully saturated rings. The molecule has 0 saturated carbocycles. The number of ether oxygens (including phenoxy) is 1. The molecule has 0 atom stereocenters. The number of nitro groups is 1. The van der Waals surface area contributed by atoms with Gasteiger partial charge < -0.3 is 10.1 Å². The summed E-state index contributed by atoms with van der Waals surface area (Å²) in [5.74, 6) is 0.0365. The minimum Gasteiger partial charge on any atom is -0.477 e. The third-order valence-electron chi connectivity index (χ3n) is 3.69. The van der Waals surface area contributed by atoms with E-state index in [4.69, 9.17) is 4.74 Å². The lowest BCUT2D eigenvalue weighted by molar-refractivity contribution is -0.384. The topological polar surface area (TPSA) is 107 Å². The highest BCUT2D eigenvalue weighted by atomic mass is 16.6. The number of carbonyl (C=O) groups excluding carboxylic acids is 1. The monoisotopic (exact) mass is 364 g/mol. The van der Waals surface area contributed by atoms with Crippen LogP contribution < -0.4 is 10.1 Å². The average Bonchev–Trinajstić information content (AvgIpc) is 2.69. The average molecular weight is 364 g/mol. The van der Waals surface area contributed by atoms with Crippen molar-refractivity contribution in [2.24, 2.45) is 0 Å². The summed E-state index contributed by atoms with van der Waals surface area (Å²) in [6.45, 7) is 2.39. The van der Waals surface area contributed by atoms with E-state index in [9.17, 15) is 14.9 Å². The first-order valence-electron chi connectivity index (χ1n) is 8.19. The van der Waals surface area contributed by atoms with Crippen LogP contribution in [0.1, 0.15) is 17.3 Å². The van der Waals surface area contributed by atoms with Crippen LogP contribution in [0.15, 0.2) is 60.7 Å². The molecule has 0 saturated heterocycles. The molecule has 8 heteroatoms. The quantitative estimate of drug-likeness (QED) is 0.528. The molecule has 136 valence electrons. The maximum absolute atomic E-state index is 12.3. The van der Waals surface area contributed by atoms with Crippen LogP contribution in [0.5, 0.6) is 5.88 Å². The Labute approximate surface area is 155 Å². The van der Waals surface area contributed by atoms with Crippen LogP contribution >= 0.6 is 0 Å². The van der Waals surface area contributed by atoms with Gasteiger partial charge in [0.1, 0.15) is 0 Å². The molecule has 8 nitrogen and oxygen atoms in total. The highest BCUT2D eigenvalue weighted by Gasteiger charge is 2.12. The number of benzene rings is 2. The third-order valence-corrected chi connectivity index (χ3v) is 3.69. The summed E-state index contributed by atoms with van der Waals surface area (Å²) in [5.41, 5.74) is 2.15. The van der Waals surface area contributed by atoms with Crippen molar-refractivity contribution in [1.29, 1.82) is 0 Å². The zero-order valence-corrected chi connectivity index (χ0v) is 14.5. The number of hydrogen-bond acceptors (Lipinski definition) is 6. The van der Waals surface area contributed by atoms with E-state index in [1.54, 1.807) is 36.4 Å². The summed E-state index contributed by atoms with van der Waals surface area (Å²) in [5, 5.41) is 21.6. The number of rotatable bonds is 6. The fraction of sp³-hybridized carbons (Fsp3) is 0.105. The second-order valence-electron chi connectivity index (χ2n) is 5.53. The van der Waals surface area contributed by atoms with Crippen molar-refractivity contribution < 1.29 is 14.5 Å². The smallest absolute Gasteiger partial charge is 0.270 e. The Hall–Kier alpha value is -3.81. The standard InChI is InChI=1S/C19H16N4O4/c1-2-27-18-11-10-17(21-22-18)13-6-8-15(9-7-13)20-19(24)14-4-3-5-16(12-14)23(25)26/h3-12H,2H2,1H3,(H,20,24). The van der Waals surface area contributed by atoms with Crippen molar-refractivity contribution in [3.8, 4) is 17.1 Å². The molecular weight excluding hydrogens is 348 g/mol. The molecule has 0 radical (unpaired) electrons. The first-order valence-corrected chi connectivity index (χ1v) is 8.19. The number of nitrogens with zero attached hydrogens (tertiary/aromatic N) is 3. The number of nitrogens with one attached hydrogen (secondary N) is 1. The highest BCUT2D eigenvalue weighted by molar-refractivity contribution is 6.04. The first kappa shape index (κ1) is 18.0. The summed E-state index contributed by atoms with van der Waals surface area (Å²) < 4.78 is 5.26. The van der Waals surface area contributed by atoms with Crippen LogP contribution in [0.25, 0.3) is 11.3 Å². The van der Waals surface area contributed by atoms with Crippen molar-refractivity contribution in [2.75, 3.05) is 11.9 Å². The van der Waals surface area contributed by atoms with Gasteiger partial charge in [-0.15, -0.1) is 10.2 Å². The Morgan fingerprint density at radius 1 is 1.11 bits per heavy atom. The van der Waals surface area contributed by atoms with Crippen molar-refractivity contribution in [2.45, 2.75) is 6.92 Å². The molecule has 0 aliphatic carbocycles. The van der Waals surface area contributed by atoms with E-state index in [0.717, 1.165) is 5.56 Å². The Morgan fingerprint density at radius 2 is 1.89 bits per heavy atom. The molecule has 0 aliphatic rings. The van der Waals surface area contributed by atoms with E-state index in [0.29, 0.717) is 23.9 Å². The number of non-ortho nitro benzene ring substituents is 1. The second kappa shape index (κ2) is 8.05. The predicted molar refractivity (Wildman–Crippen MR) is 99.7 cm³/mol. The van der Waals surface area contributed by atoms with Crippen LogP contribution in [0.3, 0.4) is 0 Å². The second-order valence-corrected chi connectivity index (χ2v) is 5.53. The molecule has 3 rings (SSSR count). The first-order chi connectivity index (χ1) is 13.1. The van der Waals surface area contributed by atoms with E-state index < -0.39 is 10.8 Å². The molecule has 0 spiro atoms. The molecule has 1 aromatic heterocycles. The van der Waals surface area contributed by atoms with E-state index >= 15 is 0 Å². The Morgan fingerprint density at radius 3 is 2.52 bits per heavy atom. The highest BCUT2D eigenvalue weighted by Crippen LogP contribution is 2.21. The van der Waals surface area contributed by atoms with Gasteiger partial charge in [-0.3, -0.25) is 14.9 Å². The van der Waals surface area contributed by atoms with Crippen LogP contribution in [0, 0.1) is 10.1 Å². The molecule has 3 aromatic rings. The fourth-order valence-corrected chi connectivity index (χ4v) is 2.39. The lowest BCUT2D eigenvalue weighted by atomic mass is 10.1. The van der Waals surface area contributed by atoms with Crippen molar-refractivity contribution in [1.82, 2.24) is 10.2 Å². The van der Waals surface area contributed by atoms with Gasteiger partial charge in [0, 0.05) is 35.0 Å². The van der Waals surface area contributed by atoms with Gasteiger partial charge in [-0.25, -0.2) is 0 Å². The van der Waals surface area contributed by atoms with Crippen LogP contribution in [-0.4, -0.2) is 27.6 Å². The predicted octanol–water partition coefficient (Wildman–Crippen LogP) is 3.70.